The summed E-state index contributed by atoms with van der Waals surface area (Å²) in [6.45, 7) is 2.91. The first-order chi connectivity index (χ1) is 7.79. The van der Waals surface area contributed by atoms with Gasteiger partial charge in [-0.05, 0) is 31.8 Å². The topological polar surface area (TPSA) is 69.0 Å². The SMILES string of the molecule is COC(=O)c1cn(C[C@@H]2CCCNC2)nn1. The first-order valence-electron chi connectivity index (χ1n) is 5.49. The van der Waals surface area contributed by atoms with E-state index in [1.165, 1.54) is 20.0 Å². The number of piperidine rings is 1. The van der Waals surface area contributed by atoms with Gasteiger partial charge in [0.05, 0.1) is 13.3 Å². The fourth-order valence-corrected chi connectivity index (χ4v) is 1.93. The molecule has 1 N–H and O–H groups in total. The summed E-state index contributed by atoms with van der Waals surface area (Å²) in [7, 11) is 1.34. The Hall–Kier alpha value is -1.43. The molecule has 0 unspecified atom stereocenters. The van der Waals surface area contributed by atoms with Crippen molar-refractivity contribution in [2.75, 3.05) is 20.2 Å². The van der Waals surface area contributed by atoms with Crippen molar-refractivity contribution >= 4 is 5.97 Å². The molecule has 0 aliphatic carbocycles. The van der Waals surface area contributed by atoms with E-state index in [1.807, 2.05) is 0 Å². The van der Waals surface area contributed by atoms with Crippen LogP contribution in [0.5, 0.6) is 0 Å². The number of carbonyl (C=O) groups is 1. The minimum atomic E-state index is -0.437. The highest BCUT2D eigenvalue weighted by Gasteiger charge is 2.16. The molecular formula is C10H16N4O2. The van der Waals surface area contributed by atoms with E-state index < -0.39 is 5.97 Å². The van der Waals surface area contributed by atoms with E-state index in [0.29, 0.717) is 5.92 Å². The van der Waals surface area contributed by atoms with Gasteiger partial charge in [-0.3, -0.25) is 4.68 Å². The zero-order valence-electron chi connectivity index (χ0n) is 9.35. The van der Waals surface area contributed by atoms with E-state index in [9.17, 15) is 4.79 Å². The van der Waals surface area contributed by atoms with E-state index in [4.69, 9.17) is 0 Å². The highest BCUT2D eigenvalue weighted by atomic mass is 16.5. The van der Waals surface area contributed by atoms with Gasteiger partial charge in [0.25, 0.3) is 0 Å². The molecular weight excluding hydrogens is 208 g/mol. The molecule has 1 fully saturated rings. The van der Waals surface area contributed by atoms with Gasteiger partial charge in [0, 0.05) is 6.54 Å². The molecule has 16 heavy (non-hydrogen) atoms. The second kappa shape index (κ2) is 5.07. The molecule has 2 rings (SSSR count). The van der Waals surface area contributed by atoms with Crippen molar-refractivity contribution in [3.05, 3.63) is 11.9 Å². The summed E-state index contributed by atoms with van der Waals surface area (Å²) < 4.78 is 6.28. The molecule has 0 bridgehead atoms. The number of carbonyl (C=O) groups excluding carboxylic acids is 1. The van der Waals surface area contributed by atoms with Crippen LogP contribution < -0.4 is 5.32 Å². The predicted molar refractivity (Wildman–Crippen MR) is 57.0 cm³/mol. The Labute approximate surface area is 94.0 Å². The minimum absolute atomic E-state index is 0.270. The number of nitrogens with zero attached hydrogens (tertiary/aromatic N) is 3. The van der Waals surface area contributed by atoms with Crippen LogP contribution in [0.3, 0.4) is 0 Å². The number of aromatic nitrogens is 3. The molecule has 0 aromatic carbocycles. The molecule has 6 heteroatoms. The largest absolute Gasteiger partial charge is 0.464 e. The van der Waals surface area contributed by atoms with Gasteiger partial charge in [-0.1, -0.05) is 5.21 Å². The lowest BCUT2D eigenvalue weighted by Gasteiger charge is -2.22. The quantitative estimate of drug-likeness (QED) is 0.735. The van der Waals surface area contributed by atoms with Crippen LogP contribution in [0.25, 0.3) is 0 Å². The van der Waals surface area contributed by atoms with Crippen LogP contribution in [0.15, 0.2) is 6.20 Å². The highest BCUT2D eigenvalue weighted by Crippen LogP contribution is 2.12. The van der Waals surface area contributed by atoms with Crippen molar-refractivity contribution < 1.29 is 9.53 Å². The lowest BCUT2D eigenvalue weighted by molar-refractivity contribution is 0.0594. The molecule has 0 saturated carbocycles. The maximum Gasteiger partial charge on any atom is 0.360 e. The van der Waals surface area contributed by atoms with E-state index in [-0.39, 0.29) is 5.69 Å². The normalized spacial score (nSPS) is 20.7. The van der Waals surface area contributed by atoms with Crippen molar-refractivity contribution in [3.63, 3.8) is 0 Å². The Morgan fingerprint density at radius 2 is 2.62 bits per heavy atom. The van der Waals surface area contributed by atoms with E-state index in [2.05, 4.69) is 20.4 Å². The van der Waals surface area contributed by atoms with Crippen LogP contribution in [-0.4, -0.2) is 41.2 Å². The molecule has 2 heterocycles. The fourth-order valence-electron chi connectivity index (χ4n) is 1.93. The van der Waals surface area contributed by atoms with Crippen molar-refractivity contribution in [3.8, 4) is 0 Å². The van der Waals surface area contributed by atoms with Gasteiger partial charge in [0.2, 0.25) is 0 Å². The second-order valence-electron chi connectivity index (χ2n) is 4.03. The molecule has 0 radical (unpaired) electrons. The van der Waals surface area contributed by atoms with E-state index >= 15 is 0 Å². The lowest BCUT2D eigenvalue weighted by atomic mass is 10.00. The highest BCUT2D eigenvalue weighted by molar-refractivity contribution is 5.86. The number of hydrogen-bond donors (Lipinski definition) is 1. The molecule has 1 saturated heterocycles. The Balaban J connectivity index is 1.94. The summed E-state index contributed by atoms with van der Waals surface area (Å²) in [5.74, 6) is 0.133. The summed E-state index contributed by atoms with van der Waals surface area (Å²) >= 11 is 0. The van der Waals surface area contributed by atoms with E-state index in [0.717, 1.165) is 19.6 Å². The number of hydrogen-bond acceptors (Lipinski definition) is 5. The summed E-state index contributed by atoms with van der Waals surface area (Å²) in [6, 6.07) is 0. The zero-order chi connectivity index (χ0) is 11.4. The summed E-state index contributed by atoms with van der Waals surface area (Å²) in [5, 5.41) is 11.0. The number of methoxy groups -OCH3 is 1. The van der Waals surface area contributed by atoms with Gasteiger partial charge < -0.3 is 10.1 Å². The van der Waals surface area contributed by atoms with Gasteiger partial charge in [0.1, 0.15) is 0 Å². The molecule has 1 aliphatic heterocycles. The van der Waals surface area contributed by atoms with E-state index in [1.54, 1.807) is 10.9 Å². The van der Waals surface area contributed by atoms with Crippen LogP contribution in [-0.2, 0) is 11.3 Å². The average molecular weight is 224 g/mol. The monoisotopic (exact) mass is 224 g/mol. The number of esters is 1. The predicted octanol–water partition coefficient (Wildman–Crippen LogP) is 0.0643. The van der Waals surface area contributed by atoms with Crippen LogP contribution in [0.4, 0.5) is 0 Å². The smallest absolute Gasteiger partial charge is 0.360 e. The maximum atomic E-state index is 11.2. The number of ether oxygens (including phenoxy) is 1. The van der Waals surface area contributed by atoms with Gasteiger partial charge in [-0.15, -0.1) is 5.10 Å². The zero-order valence-corrected chi connectivity index (χ0v) is 9.35. The molecule has 1 aromatic heterocycles. The molecule has 0 spiro atoms. The summed E-state index contributed by atoms with van der Waals surface area (Å²) in [5.41, 5.74) is 0.270. The molecule has 1 aliphatic rings. The Kier molecular flexibility index (Phi) is 3.51. The summed E-state index contributed by atoms with van der Waals surface area (Å²) in [6.07, 6.45) is 4.03. The fraction of sp³-hybridized carbons (Fsp3) is 0.700. The Morgan fingerprint density at radius 3 is 3.31 bits per heavy atom. The van der Waals surface area contributed by atoms with Gasteiger partial charge in [-0.2, -0.15) is 0 Å². The Bertz CT molecular complexity index is 357. The Morgan fingerprint density at radius 1 is 1.75 bits per heavy atom. The van der Waals surface area contributed by atoms with Crippen LogP contribution in [0, 0.1) is 5.92 Å². The summed E-state index contributed by atoms with van der Waals surface area (Å²) in [4.78, 5) is 11.2. The number of nitrogens with one attached hydrogen (secondary N) is 1. The van der Waals surface area contributed by atoms with Crippen LogP contribution in [0.2, 0.25) is 0 Å². The lowest BCUT2D eigenvalue weighted by Crippen LogP contribution is -2.32. The van der Waals surface area contributed by atoms with Crippen LogP contribution in [0.1, 0.15) is 23.3 Å². The number of rotatable bonds is 3. The van der Waals surface area contributed by atoms with Crippen molar-refractivity contribution in [2.45, 2.75) is 19.4 Å². The minimum Gasteiger partial charge on any atom is -0.464 e. The van der Waals surface area contributed by atoms with Gasteiger partial charge in [-0.25, -0.2) is 4.79 Å². The third-order valence-electron chi connectivity index (χ3n) is 2.78. The van der Waals surface area contributed by atoms with Crippen LogP contribution >= 0.6 is 0 Å². The van der Waals surface area contributed by atoms with Crippen molar-refractivity contribution in [1.82, 2.24) is 20.3 Å². The molecule has 88 valence electrons. The third-order valence-corrected chi connectivity index (χ3v) is 2.78. The first kappa shape index (κ1) is 11.1. The molecule has 0 amide bonds. The first-order valence-corrected chi connectivity index (χ1v) is 5.49. The van der Waals surface area contributed by atoms with Gasteiger partial charge in [0.15, 0.2) is 5.69 Å². The maximum absolute atomic E-state index is 11.2. The standard InChI is InChI=1S/C10H16N4O2/c1-16-10(15)9-7-14(13-12-9)6-8-3-2-4-11-5-8/h7-8,11H,2-6H2,1H3/t8-/m1/s1. The molecule has 1 aromatic rings. The molecule has 1 atom stereocenters. The molecule has 6 nitrogen and oxygen atoms in total. The second-order valence-corrected chi connectivity index (χ2v) is 4.03. The van der Waals surface area contributed by atoms with Gasteiger partial charge >= 0.3 is 5.97 Å². The van der Waals surface area contributed by atoms with Crippen molar-refractivity contribution in [2.24, 2.45) is 5.92 Å². The average Bonchev–Trinajstić information content (AvgIpc) is 2.78. The third kappa shape index (κ3) is 2.57. The van der Waals surface area contributed by atoms with Crippen molar-refractivity contribution in [1.29, 1.82) is 0 Å².